The summed E-state index contributed by atoms with van der Waals surface area (Å²) < 4.78 is 0.974. The Labute approximate surface area is 126 Å². The van der Waals surface area contributed by atoms with E-state index < -0.39 is 11.9 Å². The number of carbonyl (C=O) groups excluding carboxylic acids is 1. The summed E-state index contributed by atoms with van der Waals surface area (Å²) in [5, 5.41) is 9.13. The van der Waals surface area contributed by atoms with E-state index in [0.29, 0.717) is 13.1 Å². The number of carboxylic acid groups (broad SMARTS) is 1. The van der Waals surface area contributed by atoms with Crippen molar-refractivity contribution in [2.45, 2.75) is 19.8 Å². The summed E-state index contributed by atoms with van der Waals surface area (Å²) in [6.45, 7) is 4.59. The van der Waals surface area contributed by atoms with Crippen LogP contribution in [0.4, 0.5) is 0 Å². The fraction of sp³-hybridized carbons (Fsp3) is 0.467. The van der Waals surface area contributed by atoms with Crippen LogP contribution in [0.15, 0.2) is 28.7 Å². The molecule has 1 fully saturated rings. The number of aliphatic carboxylic acids is 1. The van der Waals surface area contributed by atoms with Crippen LogP contribution in [-0.4, -0.2) is 35.0 Å². The smallest absolute Gasteiger partial charge is 0.308 e. The van der Waals surface area contributed by atoms with Gasteiger partial charge in [0.25, 0.3) is 0 Å². The van der Waals surface area contributed by atoms with E-state index in [4.69, 9.17) is 5.11 Å². The highest BCUT2D eigenvalue weighted by molar-refractivity contribution is 9.10. The first kappa shape index (κ1) is 15.0. The first-order chi connectivity index (χ1) is 9.40. The Morgan fingerprint density at radius 3 is 2.40 bits per heavy atom. The SMILES string of the molecule is CC(C(=O)N1C[C@@H](C)[C@H](C(=O)O)C1)c1ccc(Br)cc1. The number of carboxylic acids is 1. The van der Waals surface area contributed by atoms with Crippen LogP contribution in [-0.2, 0) is 9.59 Å². The van der Waals surface area contributed by atoms with E-state index in [1.807, 2.05) is 38.1 Å². The van der Waals surface area contributed by atoms with Crippen molar-refractivity contribution in [1.29, 1.82) is 0 Å². The van der Waals surface area contributed by atoms with Crippen LogP contribution in [0.5, 0.6) is 0 Å². The highest BCUT2D eigenvalue weighted by atomic mass is 79.9. The standard InChI is InChI=1S/C15H18BrNO3/c1-9-7-17(8-13(9)15(19)20)14(18)10(2)11-3-5-12(16)6-4-11/h3-6,9-10,13H,7-8H2,1-2H3,(H,19,20)/t9-,10?,13-/m1/s1. The molecule has 108 valence electrons. The van der Waals surface area contributed by atoms with Crippen LogP contribution < -0.4 is 0 Å². The molecule has 0 saturated carbocycles. The van der Waals surface area contributed by atoms with Gasteiger partial charge >= 0.3 is 5.97 Å². The van der Waals surface area contributed by atoms with Crippen LogP contribution in [0.25, 0.3) is 0 Å². The normalized spacial score (nSPS) is 23.6. The van der Waals surface area contributed by atoms with Crippen LogP contribution in [0.2, 0.25) is 0 Å². The Bertz CT molecular complexity index is 514. The predicted molar refractivity (Wildman–Crippen MR) is 79.4 cm³/mol. The number of rotatable bonds is 3. The van der Waals surface area contributed by atoms with E-state index in [0.717, 1.165) is 10.0 Å². The molecule has 1 aliphatic heterocycles. The second-order valence-electron chi connectivity index (χ2n) is 5.44. The van der Waals surface area contributed by atoms with Crippen LogP contribution in [0.1, 0.15) is 25.3 Å². The largest absolute Gasteiger partial charge is 0.481 e. The van der Waals surface area contributed by atoms with Gasteiger partial charge in [-0.2, -0.15) is 0 Å². The van der Waals surface area contributed by atoms with Crippen molar-refractivity contribution in [2.75, 3.05) is 13.1 Å². The van der Waals surface area contributed by atoms with Gasteiger partial charge in [0.15, 0.2) is 0 Å². The van der Waals surface area contributed by atoms with Crippen molar-refractivity contribution >= 4 is 27.8 Å². The molecular weight excluding hydrogens is 322 g/mol. The van der Waals surface area contributed by atoms with E-state index in [2.05, 4.69) is 15.9 Å². The molecule has 0 aromatic heterocycles. The highest BCUT2D eigenvalue weighted by Gasteiger charge is 2.38. The van der Waals surface area contributed by atoms with Gasteiger partial charge in [0.2, 0.25) is 5.91 Å². The number of amides is 1. The van der Waals surface area contributed by atoms with Gasteiger partial charge in [-0.05, 0) is 30.5 Å². The average Bonchev–Trinajstić information content (AvgIpc) is 2.80. The first-order valence-electron chi connectivity index (χ1n) is 6.67. The fourth-order valence-corrected chi connectivity index (χ4v) is 2.90. The molecule has 20 heavy (non-hydrogen) atoms. The fourth-order valence-electron chi connectivity index (χ4n) is 2.64. The lowest BCUT2D eigenvalue weighted by Gasteiger charge is -2.21. The monoisotopic (exact) mass is 339 g/mol. The molecule has 1 amide bonds. The topological polar surface area (TPSA) is 57.6 Å². The summed E-state index contributed by atoms with van der Waals surface area (Å²) in [6.07, 6.45) is 0. The lowest BCUT2D eigenvalue weighted by Crippen LogP contribution is -2.33. The zero-order valence-electron chi connectivity index (χ0n) is 11.5. The Balaban J connectivity index is 2.08. The summed E-state index contributed by atoms with van der Waals surface area (Å²) in [7, 11) is 0. The van der Waals surface area contributed by atoms with E-state index in [1.54, 1.807) is 4.90 Å². The third-order valence-electron chi connectivity index (χ3n) is 3.98. The highest BCUT2D eigenvalue weighted by Crippen LogP contribution is 2.27. The number of halogens is 1. The predicted octanol–water partition coefficient (Wildman–Crippen LogP) is 2.73. The van der Waals surface area contributed by atoms with Crippen molar-refractivity contribution < 1.29 is 14.7 Å². The molecule has 1 aromatic carbocycles. The lowest BCUT2D eigenvalue weighted by molar-refractivity contribution is -0.142. The minimum absolute atomic E-state index is 0.00271. The maximum Gasteiger partial charge on any atom is 0.308 e. The van der Waals surface area contributed by atoms with Gasteiger partial charge in [-0.15, -0.1) is 0 Å². The molecule has 1 heterocycles. The Kier molecular flexibility index (Phi) is 4.48. The number of hydrogen-bond acceptors (Lipinski definition) is 2. The van der Waals surface area contributed by atoms with Crippen LogP contribution in [0, 0.1) is 11.8 Å². The number of carbonyl (C=O) groups is 2. The molecule has 1 aromatic rings. The summed E-state index contributed by atoms with van der Waals surface area (Å²) in [4.78, 5) is 25.3. The molecule has 1 N–H and O–H groups in total. The molecule has 3 atom stereocenters. The number of nitrogens with zero attached hydrogens (tertiary/aromatic N) is 1. The van der Waals surface area contributed by atoms with Crippen molar-refractivity contribution in [2.24, 2.45) is 11.8 Å². The summed E-state index contributed by atoms with van der Waals surface area (Å²) in [5.74, 6) is -1.50. The minimum Gasteiger partial charge on any atom is -0.481 e. The van der Waals surface area contributed by atoms with E-state index >= 15 is 0 Å². The minimum atomic E-state index is -0.816. The third kappa shape index (κ3) is 3.03. The zero-order valence-corrected chi connectivity index (χ0v) is 13.1. The van der Waals surface area contributed by atoms with Crippen molar-refractivity contribution in [3.8, 4) is 0 Å². The maximum atomic E-state index is 12.5. The second kappa shape index (κ2) is 5.95. The Hall–Kier alpha value is -1.36. The van der Waals surface area contributed by atoms with Gasteiger partial charge in [0.05, 0.1) is 11.8 Å². The molecule has 0 aliphatic carbocycles. The van der Waals surface area contributed by atoms with Crippen LogP contribution in [0.3, 0.4) is 0 Å². The summed E-state index contributed by atoms with van der Waals surface area (Å²) in [6, 6.07) is 7.65. The molecule has 2 rings (SSSR count). The molecule has 4 nitrogen and oxygen atoms in total. The molecule has 0 radical (unpaired) electrons. The molecule has 0 bridgehead atoms. The van der Waals surface area contributed by atoms with Crippen LogP contribution >= 0.6 is 15.9 Å². The van der Waals surface area contributed by atoms with Gasteiger partial charge in [-0.3, -0.25) is 9.59 Å². The molecule has 5 heteroatoms. The van der Waals surface area contributed by atoms with Gasteiger partial charge < -0.3 is 10.0 Å². The Morgan fingerprint density at radius 2 is 1.90 bits per heavy atom. The molecular formula is C15H18BrNO3. The lowest BCUT2D eigenvalue weighted by atomic mass is 9.99. The number of benzene rings is 1. The Morgan fingerprint density at radius 1 is 1.30 bits per heavy atom. The second-order valence-corrected chi connectivity index (χ2v) is 6.35. The summed E-state index contributed by atoms with van der Waals surface area (Å²) in [5.41, 5.74) is 0.949. The zero-order chi connectivity index (χ0) is 14.9. The van der Waals surface area contributed by atoms with E-state index in [9.17, 15) is 9.59 Å². The van der Waals surface area contributed by atoms with Crippen molar-refractivity contribution in [1.82, 2.24) is 4.90 Å². The number of likely N-dealkylation sites (tertiary alicyclic amines) is 1. The number of hydrogen-bond donors (Lipinski definition) is 1. The molecule has 0 spiro atoms. The van der Waals surface area contributed by atoms with Gasteiger partial charge in [0.1, 0.15) is 0 Å². The maximum absolute atomic E-state index is 12.5. The van der Waals surface area contributed by atoms with Gasteiger partial charge in [0, 0.05) is 17.6 Å². The summed E-state index contributed by atoms with van der Waals surface area (Å²) >= 11 is 3.37. The van der Waals surface area contributed by atoms with Gasteiger partial charge in [-0.25, -0.2) is 0 Å². The molecule has 1 aliphatic rings. The average molecular weight is 340 g/mol. The van der Waals surface area contributed by atoms with E-state index in [1.165, 1.54) is 0 Å². The quantitative estimate of drug-likeness (QED) is 0.921. The van der Waals surface area contributed by atoms with Crippen molar-refractivity contribution in [3.63, 3.8) is 0 Å². The molecule has 1 saturated heterocycles. The molecule has 1 unspecified atom stereocenters. The van der Waals surface area contributed by atoms with Gasteiger partial charge in [-0.1, -0.05) is 35.0 Å². The van der Waals surface area contributed by atoms with Crippen molar-refractivity contribution in [3.05, 3.63) is 34.3 Å². The third-order valence-corrected chi connectivity index (χ3v) is 4.51. The first-order valence-corrected chi connectivity index (χ1v) is 7.46. The van der Waals surface area contributed by atoms with E-state index in [-0.39, 0.29) is 17.7 Å².